The van der Waals surface area contributed by atoms with Crippen LogP contribution in [0, 0.1) is 0 Å². The summed E-state index contributed by atoms with van der Waals surface area (Å²) < 4.78 is 10.7. The fourth-order valence-corrected chi connectivity index (χ4v) is 1.84. The van der Waals surface area contributed by atoms with Crippen molar-refractivity contribution in [2.24, 2.45) is 0 Å². The molecule has 0 aliphatic heterocycles. The second kappa shape index (κ2) is 8.72. The molecule has 0 heterocycles. The van der Waals surface area contributed by atoms with Crippen molar-refractivity contribution in [2.75, 3.05) is 11.9 Å². The number of nitrogens with one attached hydrogen (secondary N) is 1. The molecule has 1 N–H and O–H groups in total. The van der Waals surface area contributed by atoms with Gasteiger partial charge in [0.2, 0.25) is 0 Å². The maximum Gasteiger partial charge on any atom is 0.411 e. The van der Waals surface area contributed by atoms with Gasteiger partial charge in [-0.3, -0.25) is 5.32 Å². The van der Waals surface area contributed by atoms with Gasteiger partial charge in [-0.2, -0.15) is 0 Å². The third-order valence-electron chi connectivity index (χ3n) is 3.08. The topological polar surface area (TPSA) is 47.6 Å². The van der Waals surface area contributed by atoms with Gasteiger partial charge in [-0.05, 0) is 36.2 Å². The highest BCUT2D eigenvalue weighted by Gasteiger charge is 2.03. The van der Waals surface area contributed by atoms with Crippen LogP contribution in [0.1, 0.15) is 25.3 Å². The summed E-state index contributed by atoms with van der Waals surface area (Å²) in [5.41, 5.74) is 1.80. The van der Waals surface area contributed by atoms with E-state index in [2.05, 4.69) is 12.2 Å². The number of benzene rings is 2. The zero-order valence-electron chi connectivity index (χ0n) is 12.7. The zero-order valence-corrected chi connectivity index (χ0v) is 12.7. The highest BCUT2D eigenvalue weighted by atomic mass is 16.5. The Morgan fingerprint density at radius 2 is 1.77 bits per heavy atom. The molecule has 2 rings (SSSR count). The van der Waals surface area contributed by atoms with Crippen molar-refractivity contribution in [1.82, 2.24) is 0 Å². The number of amides is 1. The molecule has 2 aromatic rings. The average molecular weight is 299 g/mol. The van der Waals surface area contributed by atoms with Crippen molar-refractivity contribution < 1.29 is 14.3 Å². The Bertz CT molecular complexity index is 567. The highest BCUT2D eigenvalue weighted by Crippen LogP contribution is 2.17. The summed E-state index contributed by atoms with van der Waals surface area (Å²) in [4.78, 5) is 11.5. The number of hydrogen-bond donors (Lipinski definition) is 1. The van der Waals surface area contributed by atoms with Gasteiger partial charge < -0.3 is 9.47 Å². The van der Waals surface area contributed by atoms with Gasteiger partial charge in [0, 0.05) is 5.69 Å². The molecule has 1 amide bonds. The van der Waals surface area contributed by atoms with Crippen LogP contribution in [0.15, 0.2) is 54.6 Å². The van der Waals surface area contributed by atoms with E-state index in [4.69, 9.17) is 9.47 Å². The minimum absolute atomic E-state index is 0.425. The van der Waals surface area contributed by atoms with Crippen LogP contribution >= 0.6 is 0 Å². The molecule has 0 radical (unpaired) electrons. The van der Waals surface area contributed by atoms with Crippen LogP contribution in [0.25, 0.3) is 0 Å². The van der Waals surface area contributed by atoms with Gasteiger partial charge >= 0.3 is 6.09 Å². The molecule has 0 bridgehead atoms. The van der Waals surface area contributed by atoms with E-state index in [1.165, 1.54) is 0 Å². The lowest BCUT2D eigenvalue weighted by Crippen LogP contribution is -2.14. The first-order valence-corrected chi connectivity index (χ1v) is 7.48. The first-order valence-electron chi connectivity index (χ1n) is 7.48. The molecule has 0 fully saturated rings. The second-order valence-electron chi connectivity index (χ2n) is 4.91. The van der Waals surface area contributed by atoms with E-state index < -0.39 is 6.09 Å². The highest BCUT2D eigenvalue weighted by molar-refractivity contribution is 5.84. The van der Waals surface area contributed by atoms with Crippen molar-refractivity contribution in [3.8, 4) is 5.75 Å². The van der Waals surface area contributed by atoms with Crippen LogP contribution in [-0.4, -0.2) is 12.7 Å². The van der Waals surface area contributed by atoms with E-state index in [9.17, 15) is 4.79 Å². The number of anilines is 1. The maximum absolute atomic E-state index is 11.5. The van der Waals surface area contributed by atoms with E-state index in [0.717, 1.165) is 24.2 Å². The van der Waals surface area contributed by atoms with Crippen molar-refractivity contribution >= 4 is 11.8 Å². The van der Waals surface area contributed by atoms with Gasteiger partial charge in [-0.1, -0.05) is 43.7 Å². The molecular formula is C18H21NO3. The van der Waals surface area contributed by atoms with Crippen LogP contribution in [0.2, 0.25) is 0 Å². The molecule has 22 heavy (non-hydrogen) atoms. The predicted molar refractivity (Wildman–Crippen MR) is 87.1 cm³/mol. The van der Waals surface area contributed by atoms with E-state index in [1.54, 1.807) is 12.1 Å². The van der Waals surface area contributed by atoms with Crippen LogP contribution < -0.4 is 10.1 Å². The van der Waals surface area contributed by atoms with Crippen molar-refractivity contribution in [1.29, 1.82) is 0 Å². The van der Waals surface area contributed by atoms with E-state index in [-0.39, 0.29) is 0 Å². The van der Waals surface area contributed by atoms with Crippen LogP contribution in [0.5, 0.6) is 5.75 Å². The Kier molecular flexibility index (Phi) is 6.30. The fourth-order valence-electron chi connectivity index (χ4n) is 1.84. The first-order chi connectivity index (χ1) is 10.8. The molecule has 0 aromatic heterocycles. The summed E-state index contributed by atoms with van der Waals surface area (Å²) in [5, 5.41) is 2.69. The number of hydrogen-bond acceptors (Lipinski definition) is 3. The summed E-state index contributed by atoms with van der Waals surface area (Å²) in [6.07, 6.45) is 1.45. The quantitative estimate of drug-likeness (QED) is 0.759. The van der Waals surface area contributed by atoms with Crippen LogP contribution in [-0.2, 0) is 11.3 Å². The predicted octanol–water partition coefficient (Wildman–Crippen LogP) is 4.61. The van der Waals surface area contributed by atoms with Crippen molar-refractivity contribution in [3.63, 3.8) is 0 Å². The molecule has 4 nitrogen and oxygen atoms in total. The Morgan fingerprint density at radius 3 is 2.45 bits per heavy atom. The average Bonchev–Trinajstić information content (AvgIpc) is 2.55. The van der Waals surface area contributed by atoms with Gasteiger partial charge in [0.25, 0.3) is 0 Å². The third kappa shape index (κ3) is 5.48. The standard InChI is InChI=1S/C18H21NO3/c1-2-3-13-21-18(20)19-16-9-11-17(12-10-16)22-14-15-7-5-4-6-8-15/h4-12H,2-3,13-14H2,1H3,(H,19,20). The minimum atomic E-state index is -0.425. The molecule has 0 saturated heterocycles. The smallest absolute Gasteiger partial charge is 0.411 e. The Morgan fingerprint density at radius 1 is 1.05 bits per heavy atom. The molecule has 0 atom stereocenters. The SMILES string of the molecule is CCCCOC(=O)Nc1ccc(OCc2ccccc2)cc1. The second-order valence-corrected chi connectivity index (χ2v) is 4.91. The number of ether oxygens (including phenoxy) is 2. The molecule has 0 aliphatic rings. The Labute approximate surface area is 131 Å². The van der Waals surface area contributed by atoms with Crippen LogP contribution in [0.3, 0.4) is 0 Å². The molecule has 0 spiro atoms. The van der Waals surface area contributed by atoms with Gasteiger partial charge in [-0.25, -0.2) is 4.79 Å². The Balaban J connectivity index is 1.79. The molecule has 116 valence electrons. The summed E-state index contributed by atoms with van der Waals surface area (Å²) in [6, 6.07) is 17.2. The van der Waals surface area contributed by atoms with E-state index in [1.807, 2.05) is 42.5 Å². The molecule has 2 aromatic carbocycles. The lowest BCUT2D eigenvalue weighted by molar-refractivity contribution is 0.160. The number of carbonyl (C=O) groups is 1. The number of unbranched alkanes of at least 4 members (excludes halogenated alkanes) is 1. The van der Waals surface area contributed by atoms with Gasteiger partial charge in [0.1, 0.15) is 12.4 Å². The lowest BCUT2D eigenvalue weighted by atomic mass is 10.2. The molecule has 0 saturated carbocycles. The molecule has 4 heteroatoms. The maximum atomic E-state index is 11.5. The third-order valence-corrected chi connectivity index (χ3v) is 3.08. The molecule has 0 unspecified atom stereocenters. The minimum Gasteiger partial charge on any atom is -0.489 e. The summed E-state index contributed by atoms with van der Waals surface area (Å²) >= 11 is 0. The molecular weight excluding hydrogens is 278 g/mol. The first kappa shape index (κ1) is 15.9. The van der Waals surface area contributed by atoms with Gasteiger partial charge in [0.15, 0.2) is 0 Å². The zero-order chi connectivity index (χ0) is 15.6. The Hall–Kier alpha value is -2.49. The molecule has 0 aliphatic carbocycles. The number of rotatable bonds is 7. The normalized spacial score (nSPS) is 10.0. The summed E-state index contributed by atoms with van der Waals surface area (Å²) in [5.74, 6) is 0.758. The fraction of sp³-hybridized carbons (Fsp3) is 0.278. The van der Waals surface area contributed by atoms with Gasteiger partial charge in [0.05, 0.1) is 6.61 Å². The van der Waals surface area contributed by atoms with Crippen LogP contribution in [0.4, 0.5) is 10.5 Å². The van der Waals surface area contributed by atoms with E-state index in [0.29, 0.717) is 18.9 Å². The van der Waals surface area contributed by atoms with Crippen molar-refractivity contribution in [3.05, 3.63) is 60.2 Å². The number of carbonyl (C=O) groups excluding carboxylic acids is 1. The summed E-state index contributed by atoms with van der Waals surface area (Å²) in [7, 11) is 0. The monoisotopic (exact) mass is 299 g/mol. The van der Waals surface area contributed by atoms with Crippen molar-refractivity contribution in [2.45, 2.75) is 26.4 Å². The summed E-state index contributed by atoms with van der Waals surface area (Å²) in [6.45, 7) is 3.02. The van der Waals surface area contributed by atoms with E-state index >= 15 is 0 Å². The van der Waals surface area contributed by atoms with Gasteiger partial charge in [-0.15, -0.1) is 0 Å². The largest absolute Gasteiger partial charge is 0.489 e. The lowest BCUT2D eigenvalue weighted by Gasteiger charge is -2.09.